The molecule has 1 atom stereocenters. The number of benzene rings is 1. The second-order valence-corrected chi connectivity index (χ2v) is 8.39. The summed E-state index contributed by atoms with van der Waals surface area (Å²) in [6, 6.07) is 8.90. The zero-order valence-electron chi connectivity index (χ0n) is 14.0. The summed E-state index contributed by atoms with van der Waals surface area (Å²) in [6.45, 7) is 2.33. The minimum Gasteiger partial charge on any atom is -0.331 e. The van der Waals surface area contributed by atoms with Gasteiger partial charge < -0.3 is 10.2 Å². The van der Waals surface area contributed by atoms with Crippen LogP contribution in [0.5, 0.6) is 0 Å². The van der Waals surface area contributed by atoms with E-state index >= 15 is 0 Å². The quantitative estimate of drug-likeness (QED) is 0.824. The van der Waals surface area contributed by atoms with Crippen LogP contribution in [0.2, 0.25) is 0 Å². The molecule has 2 heterocycles. The first-order valence-electron chi connectivity index (χ1n) is 8.10. The molecule has 2 aromatic rings. The van der Waals surface area contributed by atoms with Crippen LogP contribution in [0.15, 0.2) is 30.3 Å². The van der Waals surface area contributed by atoms with Gasteiger partial charge in [-0.1, -0.05) is 30.3 Å². The number of aromatic nitrogens is 3. The van der Waals surface area contributed by atoms with Crippen LogP contribution in [-0.4, -0.2) is 52.1 Å². The van der Waals surface area contributed by atoms with Gasteiger partial charge in [-0.3, -0.25) is 5.10 Å². The third-order valence-corrected chi connectivity index (χ3v) is 5.90. The van der Waals surface area contributed by atoms with Crippen LogP contribution in [0.3, 0.4) is 0 Å². The molecule has 2 amide bonds. The van der Waals surface area contributed by atoms with Gasteiger partial charge in [0.1, 0.15) is 5.82 Å². The molecule has 1 fully saturated rings. The van der Waals surface area contributed by atoms with Gasteiger partial charge in [-0.2, -0.15) is 5.10 Å². The summed E-state index contributed by atoms with van der Waals surface area (Å²) in [6.07, 6.45) is 0.461. The lowest BCUT2D eigenvalue weighted by atomic mass is 10.1. The van der Waals surface area contributed by atoms with Crippen molar-refractivity contribution in [3.63, 3.8) is 0 Å². The molecule has 1 aliphatic rings. The normalized spacial score (nSPS) is 18.8. The highest BCUT2D eigenvalue weighted by atomic mass is 32.2. The van der Waals surface area contributed by atoms with Gasteiger partial charge in [0, 0.05) is 12.6 Å². The minimum atomic E-state index is -3.08. The number of aromatic amines is 1. The Hall–Kier alpha value is -2.42. The molecule has 134 valence electrons. The molecule has 9 heteroatoms. The lowest BCUT2D eigenvalue weighted by molar-refractivity contribution is 0.175. The predicted molar refractivity (Wildman–Crippen MR) is 92.4 cm³/mol. The first kappa shape index (κ1) is 17.4. The molecule has 0 aliphatic carbocycles. The maximum absolute atomic E-state index is 12.7. The van der Waals surface area contributed by atoms with Crippen molar-refractivity contribution < 1.29 is 13.2 Å². The summed E-state index contributed by atoms with van der Waals surface area (Å²) in [4.78, 5) is 18.4. The van der Waals surface area contributed by atoms with E-state index in [-0.39, 0.29) is 30.1 Å². The van der Waals surface area contributed by atoms with E-state index in [2.05, 4.69) is 20.5 Å². The molecule has 0 bridgehead atoms. The van der Waals surface area contributed by atoms with Crippen molar-refractivity contribution in [1.29, 1.82) is 0 Å². The van der Waals surface area contributed by atoms with E-state index in [1.165, 1.54) is 0 Å². The maximum Gasteiger partial charge on any atom is 0.318 e. The zero-order chi connectivity index (χ0) is 17.9. The Kier molecular flexibility index (Phi) is 5.03. The molecule has 0 radical (unpaired) electrons. The van der Waals surface area contributed by atoms with Gasteiger partial charge in [-0.25, -0.2) is 18.2 Å². The van der Waals surface area contributed by atoms with Crippen LogP contribution in [-0.2, 0) is 22.9 Å². The number of sulfone groups is 1. The molecule has 0 saturated carbocycles. The SMILES string of the molecule is Cc1nc(CNC(=O)N(Cc2ccccc2)[C@H]2CCS(=O)(=O)C2)n[nH]1. The van der Waals surface area contributed by atoms with E-state index in [9.17, 15) is 13.2 Å². The number of carbonyl (C=O) groups is 1. The largest absolute Gasteiger partial charge is 0.331 e. The molecule has 1 aliphatic heterocycles. The van der Waals surface area contributed by atoms with Crippen LogP contribution in [0, 0.1) is 6.92 Å². The Morgan fingerprint density at radius 2 is 2.12 bits per heavy atom. The third kappa shape index (κ3) is 4.56. The van der Waals surface area contributed by atoms with Crippen LogP contribution in [0.25, 0.3) is 0 Å². The number of rotatable bonds is 5. The summed E-state index contributed by atoms with van der Waals surface area (Å²) in [5, 5.41) is 9.49. The molecule has 2 N–H and O–H groups in total. The van der Waals surface area contributed by atoms with Crippen molar-refractivity contribution in [1.82, 2.24) is 25.4 Å². The van der Waals surface area contributed by atoms with Crippen LogP contribution >= 0.6 is 0 Å². The molecular weight excluding hydrogens is 342 g/mol. The van der Waals surface area contributed by atoms with E-state index < -0.39 is 9.84 Å². The third-order valence-electron chi connectivity index (χ3n) is 4.15. The average Bonchev–Trinajstić information content (AvgIpc) is 3.16. The number of nitrogens with zero attached hydrogens (tertiary/aromatic N) is 3. The van der Waals surface area contributed by atoms with Crippen molar-refractivity contribution in [3.8, 4) is 0 Å². The van der Waals surface area contributed by atoms with E-state index in [4.69, 9.17) is 0 Å². The van der Waals surface area contributed by atoms with E-state index in [1.54, 1.807) is 11.8 Å². The first-order chi connectivity index (χ1) is 11.9. The fourth-order valence-corrected chi connectivity index (χ4v) is 4.62. The smallest absolute Gasteiger partial charge is 0.318 e. The molecule has 8 nitrogen and oxygen atoms in total. The summed E-state index contributed by atoms with van der Waals surface area (Å²) >= 11 is 0. The van der Waals surface area contributed by atoms with Crippen molar-refractivity contribution >= 4 is 15.9 Å². The maximum atomic E-state index is 12.7. The van der Waals surface area contributed by atoms with Crippen LogP contribution < -0.4 is 5.32 Å². The Morgan fingerprint density at radius 3 is 2.72 bits per heavy atom. The van der Waals surface area contributed by atoms with Gasteiger partial charge in [0.25, 0.3) is 0 Å². The molecular formula is C16H21N5O3S. The lowest BCUT2D eigenvalue weighted by Crippen LogP contribution is -2.46. The fourth-order valence-electron chi connectivity index (χ4n) is 2.89. The van der Waals surface area contributed by atoms with Gasteiger partial charge in [-0.05, 0) is 18.9 Å². The molecule has 25 heavy (non-hydrogen) atoms. The number of urea groups is 1. The number of H-pyrrole nitrogens is 1. The fraction of sp³-hybridized carbons (Fsp3) is 0.438. The summed E-state index contributed by atoms with van der Waals surface area (Å²) in [5.74, 6) is 1.29. The molecule has 0 spiro atoms. The highest BCUT2D eigenvalue weighted by Gasteiger charge is 2.34. The number of nitrogens with one attached hydrogen (secondary N) is 2. The van der Waals surface area contributed by atoms with Gasteiger partial charge in [0.15, 0.2) is 15.7 Å². The second kappa shape index (κ2) is 7.22. The molecule has 0 unspecified atom stereocenters. The van der Waals surface area contributed by atoms with Crippen molar-refractivity contribution in [2.45, 2.75) is 32.5 Å². The number of amides is 2. The second-order valence-electron chi connectivity index (χ2n) is 6.17. The summed E-state index contributed by atoms with van der Waals surface area (Å²) in [5.41, 5.74) is 0.954. The zero-order valence-corrected chi connectivity index (χ0v) is 14.8. The minimum absolute atomic E-state index is 0.00696. The Labute approximate surface area is 146 Å². The van der Waals surface area contributed by atoms with Crippen molar-refractivity contribution in [2.75, 3.05) is 11.5 Å². The Balaban J connectivity index is 1.71. The molecule has 3 rings (SSSR count). The number of hydrogen-bond donors (Lipinski definition) is 2. The average molecular weight is 363 g/mol. The number of hydrogen-bond acceptors (Lipinski definition) is 5. The van der Waals surface area contributed by atoms with Crippen molar-refractivity contribution in [3.05, 3.63) is 47.5 Å². The monoisotopic (exact) mass is 363 g/mol. The summed E-state index contributed by atoms with van der Waals surface area (Å²) in [7, 11) is -3.08. The topological polar surface area (TPSA) is 108 Å². The highest BCUT2D eigenvalue weighted by Crippen LogP contribution is 2.20. The molecule has 1 aromatic heterocycles. The first-order valence-corrected chi connectivity index (χ1v) is 9.92. The predicted octanol–water partition coefficient (Wildman–Crippen LogP) is 1.01. The number of aryl methyl sites for hydroxylation is 1. The molecule has 1 aromatic carbocycles. The van der Waals surface area contributed by atoms with Crippen molar-refractivity contribution in [2.24, 2.45) is 0 Å². The standard InChI is InChI=1S/C16H21N5O3S/c1-12-18-15(20-19-12)9-17-16(22)21(10-13-5-3-2-4-6-13)14-7-8-25(23,24)11-14/h2-6,14H,7-11H2,1H3,(H,17,22)(H,18,19,20)/t14-/m0/s1. The van der Waals surface area contributed by atoms with Crippen LogP contribution in [0.1, 0.15) is 23.6 Å². The Bertz CT molecular complexity index is 834. The van der Waals surface area contributed by atoms with E-state index in [0.717, 1.165) is 5.56 Å². The Morgan fingerprint density at radius 1 is 1.36 bits per heavy atom. The lowest BCUT2D eigenvalue weighted by Gasteiger charge is -2.28. The van der Waals surface area contributed by atoms with Crippen LogP contribution in [0.4, 0.5) is 4.79 Å². The van der Waals surface area contributed by atoms with Gasteiger partial charge >= 0.3 is 6.03 Å². The number of carbonyl (C=O) groups excluding carboxylic acids is 1. The molecule has 1 saturated heterocycles. The van der Waals surface area contributed by atoms with E-state index in [1.807, 2.05) is 30.3 Å². The highest BCUT2D eigenvalue weighted by molar-refractivity contribution is 7.91. The van der Waals surface area contributed by atoms with Gasteiger partial charge in [0.05, 0.1) is 18.1 Å². The van der Waals surface area contributed by atoms with E-state index in [0.29, 0.717) is 24.6 Å². The van der Waals surface area contributed by atoms with Gasteiger partial charge in [0.2, 0.25) is 0 Å². The van der Waals surface area contributed by atoms with Gasteiger partial charge in [-0.15, -0.1) is 0 Å². The summed E-state index contributed by atoms with van der Waals surface area (Å²) < 4.78 is 23.6.